The zero-order valence-electron chi connectivity index (χ0n) is 10.2. The van der Waals surface area contributed by atoms with Crippen molar-refractivity contribution in [2.75, 3.05) is 20.8 Å². The molecule has 0 saturated heterocycles. The van der Waals surface area contributed by atoms with Crippen LogP contribution < -0.4 is 14.8 Å². The van der Waals surface area contributed by atoms with Crippen molar-refractivity contribution in [3.05, 3.63) is 24.3 Å². The van der Waals surface area contributed by atoms with E-state index in [0.717, 1.165) is 5.75 Å². The molecule has 1 aromatic carbocycles. The van der Waals surface area contributed by atoms with Gasteiger partial charge in [-0.15, -0.1) is 0 Å². The Morgan fingerprint density at radius 1 is 1.35 bits per heavy atom. The molecule has 0 radical (unpaired) electrons. The molecule has 17 heavy (non-hydrogen) atoms. The molecule has 94 valence electrons. The van der Waals surface area contributed by atoms with Crippen LogP contribution in [0.5, 0.6) is 11.5 Å². The Labute approximate surface area is 100 Å². The highest BCUT2D eigenvalue weighted by molar-refractivity contribution is 5.78. The maximum atomic E-state index is 11.0. The van der Waals surface area contributed by atoms with Gasteiger partial charge in [0, 0.05) is 0 Å². The second-order valence-electron chi connectivity index (χ2n) is 3.85. The lowest BCUT2D eigenvalue weighted by Gasteiger charge is -2.24. The molecule has 1 rings (SSSR count). The van der Waals surface area contributed by atoms with Gasteiger partial charge >= 0.3 is 5.97 Å². The van der Waals surface area contributed by atoms with Crippen LogP contribution in [0.1, 0.15) is 6.92 Å². The van der Waals surface area contributed by atoms with Crippen LogP contribution in [0, 0.1) is 0 Å². The van der Waals surface area contributed by atoms with E-state index in [1.54, 1.807) is 45.3 Å². The molecule has 2 N–H and O–H groups in total. The van der Waals surface area contributed by atoms with Crippen LogP contribution in [0.15, 0.2) is 24.3 Å². The number of carboxylic acid groups (broad SMARTS) is 1. The van der Waals surface area contributed by atoms with Gasteiger partial charge < -0.3 is 19.9 Å². The van der Waals surface area contributed by atoms with Gasteiger partial charge in [0.15, 0.2) is 0 Å². The van der Waals surface area contributed by atoms with Gasteiger partial charge in [0.25, 0.3) is 0 Å². The zero-order valence-corrected chi connectivity index (χ0v) is 10.2. The van der Waals surface area contributed by atoms with Crippen molar-refractivity contribution in [2.24, 2.45) is 0 Å². The quantitative estimate of drug-likeness (QED) is 0.779. The van der Waals surface area contributed by atoms with E-state index in [1.807, 2.05) is 0 Å². The van der Waals surface area contributed by atoms with Gasteiger partial charge in [0.2, 0.25) is 0 Å². The number of carbonyl (C=O) groups is 1. The zero-order chi connectivity index (χ0) is 12.9. The summed E-state index contributed by atoms with van der Waals surface area (Å²) < 4.78 is 10.4. The summed E-state index contributed by atoms with van der Waals surface area (Å²) in [5, 5.41) is 11.8. The summed E-state index contributed by atoms with van der Waals surface area (Å²) in [5.74, 6) is 0.383. The number of nitrogens with one attached hydrogen (secondary N) is 1. The summed E-state index contributed by atoms with van der Waals surface area (Å²) in [6.45, 7) is 1.62. The van der Waals surface area contributed by atoms with Crippen molar-refractivity contribution in [2.45, 2.75) is 12.5 Å². The van der Waals surface area contributed by atoms with Crippen molar-refractivity contribution in [1.29, 1.82) is 0 Å². The normalized spacial score (nSPS) is 13.8. The highest BCUT2D eigenvalue weighted by atomic mass is 16.5. The van der Waals surface area contributed by atoms with Crippen molar-refractivity contribution in [1.82, 2.24) is 5.32 Å². The molecule has 0 aliphatic carbocycles. The molecule has 0 fully saturated rings. The number of aliphatic carboxylic acids is 1. The summed E-state index contributed by atoms with van der Waals surface area (Å²) in [6, 6.07) is 6.98. The smallest absolute Gasteiger partial charge is 0.327 e. The third-order valence-corrected chi connectivity index (χ3v) is 2.61. The minimum atomic E-state index is -1.10. The number of hydrogen-bond acceptors (Lipinski definition) is 4. The maximum Gasteiger partial charge on any atom is 0.327 e. The minimum Gasteiger partial charge on any atom is -0.497 e. The van der Waals surface area contributed by atoms with Gasteiger partial charge in [0.05, 0.1) is 7.11 Å². The standard InChI is InChI=1S/C12H17NO4/c1-12(13-2,11(14)15)8-17-10-6-4-9(16-3)5-7-10/h4-7,13H,8H2,1-3H3,(H,14,15). The SMILES string of the molecule is CNC(C)(COc1ccc(OC)cc1)C(=O)O. The van der Waals surface area contributed by atoms with E-state index in [1.165, 1.54) is 0 Å². The van der Waals surface area contributed by atoms with Gasteiger partial charge in [-0.3, -0.25) is 4.79 Å². The fourth-order valence-corrected chi connectivity index (χ4v) is 1.14. The third-order valence-electron chi connectivity index (χ3n) is 2.61. The lowest BCUT2D eigenvalue weighted by atomic mass is 10.1. The van der Waals surface area contributed by atoms with E-state index in [2.05, 4.69) is 5.32 Å². The van der Waals surface area contributed by atoms with E-state index < -0.39 is 11.5 Å². The Balaban J connectivity index is 2.63. The lowest BCUT2D eigenvalue weighted by Crippen LogP contribution is -2.52. The van der Waals surface area contributed by atoms with E-state index >= 15 is 0 Å². The van der Waals surface area contributed by atoms with Gasteiger partial charge in [-0.05, 0) is 38.2 Å². The van der Waals surface area contributed by atoms with E-state index in [9.17, 15) is 4.79 Å². The first-order valence-electron chi connectivity index (χ1n) is 5.21. The van der Waals surface area contributed by atoms with Crippen molar-refractivity contribution in [3.63, 3.8) is 0 Å². The Hall–Kier alpha value is -1.75. The summed E-state index contributed by atoms with van der Waals surface area (Å²) in [4.78, 5) is 11.0. The molecule has 1 aromatic rings. The monoisotopic (exact) mass is 239 g/mol. The Morgan fingerprint density at radius 2 is 1.88 bits per heavy atom. The molecule has 0 bridgehead atoms. The van der Waals surface area contributed by atoms with Gasteiger partial charge in [-0.25, -0.2) is 0 Å². The molecular formula is C12H17NO4. The summed E-state index contributed by atoms with van der Waals surface area (Å²) in [6.07, 6.45) is 0. The molecule has 0 heterocycles. The molecular weight excluding hydrogens is 222 g/mol. The van der Waals surface area contributed by atoms with Gasteiger partial charge in [0.1, 0.15) is 23.6 Å². The molecule has 0 aromatic heterocycles. The molecule has 1 atom stereocenters. The van der Waals surface area contributed by atoms with E-state index in [4.69, 9.17) is 14.6 Å². The molecule has 0 spiro atoms. The lowest BCUT2D eigenvalue weighted by molar-refractivity contribution is -0.145. The number of likely N-dealkylation sites (N-methyl/N-ethyl adjacent to an activating group) is 1. The van der Waals surface area contributed by atoms with Gasteiger partial charge in [-0.2, -0.15) is 0 Å². The van der Waals surface area contributed by atoms with Crippen LogP contribution in [0.3, 0.4) is 0 Å². The topological polar surface area (TPSA) is 67.8 Å². The first-order chi connectivity index (χ1) is 8.01. The van der Waals surface area contributed by atoms with Gasteiger partial charge in [-0.1, -0.05) is 0 Å². The number of ether oxygens (including phenoxy) is 2. The Morgan fingerprint density at radius 3 is 2.29 bits per heavy atom. The summed E-state index contributed by atoms with van der Waals surface area (Å²) in [5.41, 5.74) is -1.10. The average Bonchev–Trinajstić information content (AvgIpc) is 2.36. The molecule has 0 aliphatic heterocycles. The molecule has 1 unspecified atom stereocenters. The molecule has 0 amide bonds. The number of methoxy groups -OCH3 is 1. The minimum absolute atomic E-state index is 0.0468. The van der Waals surface area contributed by atoms with Crippen LogP contribution in [-0.2, 0) is 4.79 Å². The Bertz CT molecular complexity index is 377. The summed E-state index contributed by atoms with van der Waals surface area (Å²) in [7, 11) is 3.17. The highest BCUT2D eigenvalue weighted by Gasteiger charge is 2.32. The average molecular weight is 239 g/mol. The van der Waals surface area contributed by atoms with Crippen LogP contribution >= 0.6 is 0 Å². The summed E-state index contributed by atoms with van der Waals surface area (Å²) >= 11 is 0. The first-order valence-corrected chi connectivity index (χ1v) is 5.21. The predicted octanol–water partition coefficient (Wildman–Crippen LogP) is 1.14. The third kappa shape index (κ3) is 3.35. The second-order valence-corrected chi connectivity index (χ2v) is 3.85. The predicted molar refractivity (Wildman–Crippen MR) is 63.6 cm³/mol. The van der Waals surface area contributed by atoms with E-state index in [0.29, 0.717) is 5.75 Å². The maximum absolute atomic E-state index is 11.0. The second kappa shape index (κ2) is 5.54. The fraction of sp³-hybridized carbons (Fsp3) is 0.417. The van der Waals surface area contributed by atoms with Crippen molar-refractivity contribution >= 4 is 5.97 Å². The fourth-order valence-electron chi connectivity index (χ4n) is 1.14. The number of rotatable bonds is 6. The highest BCUT2D eigenvalue weighted by Crippen LogP contribution is 2.18. The van der Waals surface area contributed by atoms with Crippen molar-refractivity contribution < 1.29 is 19.4 Å². The molecule has 0 aliphatic rings. The molecule has 0 saturated carbocycles. The van der Waals surface area contributed by atoms with Crippen LogP contribution in [0.4, 0.5) is 0 Å². The Kier molecular flexibility index (Phi) is 4.34. The number of hydrogen-bond donors (Lipinski definition) is 2. The van der Waals surface area contributed by atoms with Crippen LogP contribution in [0.2, 0.25) is 0 Å². The van der Waals surface area contributed by atoms with Crippen LogP contribution in [0.25, 0.3) is 0 Å². The molecule has 5 heteroatoms. The van der Waals surface area contributed by atoms with Crippen molar-refractivity contribution in [3.8, 4) is 11.5 Å². The van der Waals surface area contributed by atoms with E-state index in [-0.39, 0.29) is 6.61 Å². The molecule has 5 nitrogen and oxygen atoms in total. The van der Waals surface area contributed by atoms with Crippen LogP contribution in [-0.4, -0.2) is 37.4 Å². The first kappa shape index (κ1) is 13.3. The number of benzene rings is 1. The largest absolute Gasteiger partial charge is 0.497 e. The number of carboxylic acids is 1.